The van der Waals surface area contributed by atoms with E-state index in [1.807, 2.05) is 25.3 Å². The highest BCUT2D eigenvalue weighted by Crippen LogP contribution is 2.24. The molecule has 3 rings (SSSR count). The Morgan fingerprint density at radius 2 is 1.78 bits per heavy atom. The fourth-order valence-corrected chi connectivity index (χ4v) is 3.67. The van der Waals surface area contributed by atoms with Crippen LogP contribution in [-0.4, -0.2) is 42.2 Å². The van der Waals surface area contributed by atoms with E-state index in [4.69, 9.17) is 0 Å². The SMILES string of the molecule is CCNC(=NCc1ccc(N2CCCC2)nc1)NCC(O)c1ccc(C(C)(C)C)cc1.I. The molecule has 7 heteroatoms. The van der Waals surface area contributed by atoms with Gasteiger partial charge in [-0.05, 0) is 47.9 Å². The molecule has 1 fully saturated rings. The highest BCUT2D eigenvalue weighted by molar-refractivity contribution is 14.0. The summed E-state index contributed by atoms with van der Waals surface area (Å²) in [6, 6.07) is 12.4. The molecule has 0 bridgehead atoms. The predicted molar refractivity (Wildman–Crippen MR) is 144 cm³/mol. The molecule has 0 radical (unpaired) electrons. The summed E-state index contributed by atoms with van der Waals surface area (Å²) in [7, 11) is 0. The van der Waals surface area contributed by atoms with Crippen molar-refractivity contribution in [3.05, 3.63) is 59.3 Å². The van der Waals surface area contributed by atoms with Crippen molar-refractivity contribution in [2.24, 2.45) is 4.99 Å². The van der Waals surface area contributed by atoms with Crippen molar-refractivity contribution in [2.75, 3.05) is 31.1 Å². The van der Waals surface area contributed by atoms with Crippen LogP contribution in [0.2, 0.25) is 0 Å². The summed E-state index contributed by atoms with van der Waals surface area (Å²) in [5.74, 6) is 1.74. The Balaban J connectivity index is 0.00000363. The van der Waals surface area contributed by atoms with Crippen LogP contribution in [0.15, 0.2) is 47.6 Å². The fraction of sp³-hybridized carbons (Fsp3) is 0.520. The summed E-state index contributed by atoms with van der Waals surface area (Å²) in [5, 5.41) is 17.1. The van der Waals surface area contributed by atoms with Crippen LogP contribution in [0.5, 0.6) is 0 Å². The number of pyridine rings is 1. The lowest BCUT2D eigenvalue weighted by Gasteiger charge is -2.20. The number of anilines is 1. The van der Waals surface area contributed by atoms with Gasteiger partial charge in [-0.15, -0.1) is 24.0 Å². The molecule has 1 atom stereocenters. The third kappa shape index (κ3) is 7.62. The van der Waals surface area contributed by atoms with E-state index in [1.165, 1.54) is 18.4 Å². The topological polar surface area (TPSA) is 72.8 Å². The number of rotatable bonds is 7. The van der Waals surface area contributed by atoms with Crippen LogP contribution in [0, 0.1) is 0 Å². The van der Waals surface area contributed by atoms with Gasteiger partial charge in [0.15, 0.2) is 5.96 Å². The molecular formula is C25H38IN5O. The molecule has 2 heterocycles. The molecule has 0 spiro atoms. The number of hydrogen-bond donors (Lipinski definition) is 3. The lowest BCUT2D eigenvalue weighted by Crippen LogP contribution is -2.39. The predicted octanol–water partition coefficient (Wildman–Crippen LogP) is 4.39. The van der Waals surface area contributed by atoms with Crippen LogP contribution < -0.4 is 15.5 Å². The number of nitrogens with one attached hydrogen (secondary N) is 2. The van der Waals surface area contributed by atoms with Gasteiger partial charge in [0.25, 0.3) is 0 Å². The minimum Gasteiger partial charge on any atom is -0.387 e. The van der Waals surface area contributed by atoms with E-state index in [2.05, 4.69) is 70.5 Å². The molecule has 32 heavy (non-hydrogen) atoms. The van der Waals surface area contributed by atoms with Crippen molar-refractivity contribution < 1.29 is 5.11 Å². The van der Waals surface area contributed by atoms with E-state index in [9.17, 15) is 5.11 Å². The molecule has 1 saturated heterocycles. The monoisotopic (exact) mass is 551 g/mol. The molecule has 0 amide bonds. The highest BCUT2D eigenvalue weighted by Gasteiger charge is 2.15. The first-order chi connectivity index (χ1) is 14.9. The summed E-state index contributed by atoms with van der Waals surface area (Å²) in [5.41, 5.74) is 3.33. The Labute approximate surface area is 210 Å². The fourth-order valence-electron chi connectivity index (χ4n) is 3.67. The van der Waals surface area contributed by atoms with E-state index in [0.29, 0.717) is 19.0 Å². The van der Waals surface area contributed by atoms with Crippen LogP contribution in [0.1, 0.15) is 63.3 Å². The third-order valence-electron chi connectivity index (χ3n) is 5.63. The molecule has 176 valence electrons. The maximum Gasteiger partial charge on any atom is 0.191 e. The number of halogens is 1. The lowest BCUT2D eigenvalue weighted by molar-refractivity contribution is 0.181. The number of benzene rings is 1. The molecule has 6 nitrogen and oxygen atoms in total. The first-order valence-corrected chi connectivity index (χ1v) is 11.4. The van der Waals surface area contributed by atoms with Gasteiger partial charge in [-0.2, -0.15) is 0 Å². The molecule has 2 aromatic rings. The van der Waals surface area contributed by atoms with Crippen molar-refractivity contribution in [1.29, 1.82) is 0 Å². The minimum atomic E-state index is -0.598. The zero-order valence-corrected chi connectivity index (χ0v) is 22.1. The highest BCUT2D eigenvalue weighted by atomic mass is 127. The van der Waals surface area contributed by atoms with Crippen molar-refractivity contribution in [3.8, 4) is 0 Å². The van der Waals surface area contributed by atoms with Crippen LogP contribution in [-0.2, 0) is 12.0 Å². The Hall–Kier alpha value is -1.87. The van der Waals surface area contributed by atoms with Crippen molar-refractivity contribution in [2.45, 2.75) is 58.6 Å². The number of guanidine groups is 1. The van der Waals surface area contributed by atoms with Gasteiger partial charge in [-0.25, -0.2) is 9.98 Å². The zero-order valence-electron chi connectivity index (χ0n) is 19.8. The zero-order chi connectivity index (χ0) is 22.3. The third-order valence-corrected chi connectivity index (χ3v) is 5.63. The van der Waals surface area contributed by atoms with E-state index in [0.717, 1.165) is 36.6 Å². The molecule has 1 aliphatic rings. The molecule has 1 aromatic heterocycles. The summed E-state index contributed by atoms with van der Waals surface area (Å²) < 4.78 is 0. The van der Waals surface area contributed by atoms with Gasteiger partial charge < -0.3 is 20.6 Å². The molecule has 0 aliphatic carbocycles. The first-order valence-electron chi connectivity index (χ1n) is 11.4. The number of aromatic nitrogens is 1. The minimum absolute atomic E-state index is 0. The van der Waals surface area contributed by atoms with Gasteiger partial charge in [-0.3, -0.25) is 0 Å². The van der Waals surface area contributed by atoms with Crippen molar-refractivity contribution >= 4 is 35.8 Å². The number of aliphatic hydroxyl groups excluding tert-OH is 1. The van der Waals surface area contributed by atoms with E-state index in [1.54, 1.807) is 0 Å². The van der Waals surface area contributed by atoms with Gasteiger partial charge in [0.1, 0.15) is 5.82 Å². The van der Waals surface area contributed by atoms with Crippen LogP contribution >= 0.6 is 24.0 Å². The Kier molecular flexibility index (Phi) is 10.2. The average Bonchev–Trinajstić information content (AvgIpc) is 3.30. The summed E-state index contributed by atoms with van der Waals surface area (Å²) in [4.78, 5) is 11.6. The van der Waals surface area contributed by atoms with Gasteiger partial charge in [0.2, 0.25) is 0 Å². The van der Waals surface area contributed by atoms with Crippen LogP contribution in [0.25, 0.3) is 0 Å². The number of aliphatic hydroxyl groups is 1. The number of nitrogens with zero attached hydrogens (tertiary/aromatic N) is 3. The smallest absolute Gasteiger partial charge is 0.191 e. The van der Waals surface area contributed by atoms with Gasteiger partial charge >= 0.3 is 0 Å². The molecule has 1 aliphatic heterocycles. The van der Waals surface area contributed by atoms with E-state index in [-0.39, 0.29) is 29.4 Å². The maximum atomic E-state index is 10.6. The van der Waals surface area contributed by atoms with Crippen LogP contribution in [0.4, 0.5) is 5.82 Å². The number of aliphatic imine (C=N–C) groups is 1. The van der Waals surface area contributed by atoms with Gasteiger partial charge in [0.05, 0.1) is 12.6 Å². The second kappa shape index (κ2) is 12.4. The standard InChI is InChI=1S/C25H37N5O.HI/c1-5-26-24(28-17-19-8-13-23(27-16-19)30-14-6-7-15-30)29-18-22(31)20-9-11-21(12-10-20)25(2,3)4;/h8-13,16,22,31H,5-7,14-15,17-18H2,1-4H3,(H2,26,28,29);1H. The van der Waals surface area contributed by atoms with E-state index < -0.39 is 6.10 Å². The Bertz CT molecular complexity index is 840. The largest absolute Gasteiger partial charge is 0.387 e. The average molecular weight is 552 g/mol. The van der Waals surface area contributed by atoms with Gasteiger partial charge in [-0.1, -0.05) is 51.1 Å². The first kappa shape index (κ1) is 26.4. The van der Waals surface area contributed by atoms with Crippen molar-refractivity contribution in [1.82, 2.24) is 15.6 Å². The second-order valence-corrected chi connectivity index (χ2v) is 9.18. The lowest BCUT2D eigenvalue weighted by atomic mass is 9.86. The molecule has 3 N–H and O–H groups in total. The molecule has 0 saturated carbocycles. The molecule has 1 unspecified atom stereocenters. The quantitative estimate of drug-likeness (QED) is 0.271. The number of hydrogen-bond acceptors (Lipinski definition) is 4. The van der Waals surface area contributed by atoms with Crippen molar-refractivity contribution in [3.63, 3.8) is 0 Å². The molecule has 1 aromatic carbocycles. The maximum absolute atomic E-state index is 10.6. The van der Waals surface area contributed by atoms with E-state index >= 15 is 0 Å². The molecular weight excluding hydrogens is 513 g/mol. The normalized spacial score (nSPS) is 15.3. The van der Waals surface area contributed by atoms with Crippen LogP contribution in [0.3, 0.4) is 0 Å². The second-order valence-electron chi connectivity index (χ2n) is 9.18. The Morgan fingerprint density at radius 1 is 1.09 bits per heavy atom. The summed E-state index contributed by atoms with van der Waals surface area (Å²) in [6.07, 6.45) is 3.81. The Morgan fingerprint density at radius 3 is 2.34 bits per heavy atom. The summed E-state index contributed by atoms with van der Waals surface area (Å²) >= 11 is 0. The van der Waals surface area contributed by atoms with Gasteiger partial charge in [0, 0.05) is 32.4 Å². The summed E-state index contributed by atoms with van der Waals surface area (Å²) in [6.45, 7) is 12.5.